The molecule has 0 bridgehead atoms. The van der Waals surface area contributed by atoms with Gasteiger partial charge in [0, 0.05) is 16.5 Å². The Morgan fingerprint density at radius 1 is 1.11 bits per heavy atom. The average molecular weight is 346 g/mol. The molecular formula is C14H14BrF2NS. The summed E-state index contributed by atoms with van der Waals surface area (Å²) in [6, 6.07) is 4.25. The Morgan fingerprint density at radius 2 is 1.79 bits per heavy atom. The Morgan fingerprint density at radius 3 is 2.32 bits per heavy atom. The van der Waals surface area contributed by atoms with Gasteiger partial charge in [0.05, 0.1) is 9.83 Å². The normalized spacial score (nSPS) is 12.7. The molecule has 0 amide bonds. The van der Waals surface area contributed by atoms with Crippen LogP contribution in [0.1, 0.15) is 27.6 Å². The highest BCUT2D eigenvalue weighted by Crippen LogP contribution is 2.35. The van der Waals surface area contributed by atoms with Crippen LogP contribution >= 0.6 is 27.3 Å². The minimum atomic E-state index is -0.523. The molecule has 0 aliphatic carbocycles. The summed E-state index contributed by atoms with van der Waals surface area (Å²) in [7, 11) is 1.77. The van der Waals surface area contributed by atoms with E-state index in [4.69, 9.17) is 0 Å². The van der Waals surface area contributed by atoms with Crippen molar-refractivity contribution in [3.05, 3.63) is 55.2 Å². The molecule has 0 aliphatic rings. The molecule has 2 aromatic rings. The Bertz CT molecular complexity index is 590. The first kappa shape index (κ1) is 14.6. The molecule has 1 aromatic carbocycles. The highest BCUT2D eigenvalue weighted by atomic mass is 79.9. The molecule has 0 spiro atoms. The molecule has 1 atom stereocenters. The van der Waals surface area contributed by atoms with Gasteiger partial charge in [0.15, 0.2) is 0 Å². The highest BCUT2D eigenvalue weighted by molar-refractivity contribution is 9.11. The van der Waals surface area contributed by atoms with E-state index in [1.54, 1.807) is 31.4 Å². The molecule has 0 aliphatic heterocycles. The topological polar surface area (TPSA) is 12.0 Å². The lowest BCUT2D eigenvalue weighted by Crippen LogP contribution is -2.18. The molecule has 19 heavy (non-hydrogen) atoms. The predicted molar refractivity (Wildman–Crippen MR) is 78.8 cm³/mol. The largest absolute Gasteiger partial charge is 0.309 e. The number of nitrogens with one attached hydrogen (secondary N) is 1. The molecule has 0 radical (unpaired) electrons. The van der Waals surface area contributed by atoms with Crippen LogP contribution in [0.3, 0.4) is 0 Å². The third kappa shape index (κ3) is 2.88. The fourth-order valence-electron chi connectivity index (χ4n) is 1.98. The van der Waals surface area contributed by atoms with E-state index in [1.165, 1.54) is 0 Å². The maximum absolute atomic E-state index is 14.0. The molecule has 5 heteroatoms. The Balaban J connectivity index is 2.50. The van der Waals surface area contributed by atoms with Crippen LogP contribution in [-0.4, -0.2) is 7.05 Å². The molecule has 0 fully saturated rings. The van der Waals surface area contributed by atoms with Crippen LogP contribution in [-0.2, 0) is 0 Å². The van der Waals surface area contributed by atoms with Gasteiger partial charge in [-0.2, -0.15) is 0 Å². The van der Waals surface area contributed by atoms with E-state index in [-0.39, 0.29) is 6.04 Å². The predicted octanol–water partition coefficient (Wildman–Crippen LogP) is 4.71. The van der Waals surface area contributed by atoms with Crippen molar-refractivity contribution in [1.82, 2.24) is 5.32 Å². The lowest BCUT2D eigenvalue weighted by atomic mass is 10.0. The molecular weight excluding hydrogens is 332 g/mol. The van der Waals surface area contributed by atoms with Crippen molar-refractivity contribution >= 4 is 27.3 Å². The Labute approximate surface area is 123 Å². The summed E-state index contributed by atoms with van der Waals surface area (Å²) < 4.78 is 28.3. The second kappa shape index (κ2) is 5.69. The van der Waals surface area contributed by atoms with Crippen molar-refractivity contribution < 1.29 is 8.78 Å². The Kier molecular flexibility index (Phi) is 4.38. The molecule has 1 nitrogen and oxygen atoms in total. The van der Waals surface area contributed by atoms with E-state index in [1.807, 2.05) is 13.0 Å². The van der Waals surface area contributed by atoms with Crippen molar-refractivity contribution in [3.8, 4) is 0 Å². The zero-order valence-electron chi connectivity index (χ0n) is 10.9. The fraction of sp³-hybridized carbons (Fsp3) is 0.286. The first-order valence-corrected chi connectivity index (χ1v) is 7.43. The molecule has 1 aromatic heterocycles. The lowest BCUT2D eigenvalue weighted by Gasteiger charge is -2.16. The summed E-state index contributed by atoms with van der Waals surface area (Å²) in [5.74, 6) is -1.04. The standard InChI is InChI=1S/C14H14BrF2NS/c1-7-4-9(11(17)6-10(7)16)13(18-3)12-5-8(2)14(15)19-12/h4-6,13,18H,1-3H3. The second-order valence-electron chi connectivity index (χ2n) is 4.45. The van der Waals surface area contributed by atoms with E-state index in [0.717, 1.165) is 20.3 Å². The lowest BCUT2D eigenvalue weighted by molar-refractivity contribution is 0.549. The van der Waals surface area contributed by atoms with Gasteiger partial charge >= 0.3 is 0 Å². The summed E-state index contributed by atoms with van der Waals surface area (Å²) >= 11 is 5.02. The SMILES string of the molecule is CNC(c1cc(C)c(Br)s1)c1cc(C)c(F)cc1F. The van der Waals surface area contributed by atoms with Gasteiger partial charge in [-0.05, 0) is 60.1 Å². The summed E-state index contributed by atoms with van der Waals surface area (Å²) in [5, 5.41) is 3.09. The third-order valence-corrected chi connectivity index (χ3v) is 5.24. The number of hydrogen-bond donors (Lipinski definition) is 1. The van der Waals surface area contributed by atoms with Gasteiger partial charge in [0.1, 0.15) is 11.6 Å². The summed E-state index contributed by atoms with van der Waals surface area (Å²) in [5.41, 5.74) is 2.03. The number of halogens is 3. The van der Waals surface area contributed by atoms with E-state index >= 15 is 0 Å². The van der Waals surface area contributed by atoms with Crippen LogP contribution in [0.5, 0.6) is 0 Å². The maximum atomic E-state index is 14.0. The van der Waals surface area contributed by atoms with E-state index in [0.29, 0.717) is 11.1 Å². The zero-order valence-corrected chi connectivity index (χ0v) is 13.3. The van der Waals surface area contributed by atoms with Gasteiger partial charge in [-0.3, -0.25) is 0 Å². The van der Waals surface area contributed by atoms with Crippen molar-refractivity contribution in [3.63, 3.8) is 0 Å². The van der Waals surface area contributed by atoms with Gasteiger partial charge in [-0.15, -0.1) is 11.3 Å². The van der Waals surface area contributed by atoms with E-state index < -0.39 is 11.6 Å². The molecule has 0 saturated carbocycles. The van der Waals surface area contributed by atoms with Gasteiger partial charge < -0.3 is 5.32 Å². The van der Waals surface area contributed by atoms with Gasteiger partial charge in [0.2, 0.25) is 0 Å². The van der Waals surface area contributed by atoms with Gasteiger partial charge in [-0.1, -0.05) is 0 Å². The number of hydrogen-bond acceptors (Lipinski definition) is 2. The van der Waals surface area contributed by atoms with Crippen LogP contribution < -0.4 is 5.32 Å². The van der Waals surface area contributed by atoms with Crippen LogP contribution in [0.15, 0.2) is 22.0 Å². The molecule has 1 unspecified atom stereocenters. The number of benzene rings is 1. The van der Waals surface area contributed by atoms with E-state index in [9.17, 15) is 8.78 Å². The minimum absolute atomic E-state index is 0.269. The molecule has 1 heterocycles. The molecule has 0 saturated heterocycles. The van der Waals surface area contributed by atoms with Crippen LogP contribution in [0.2, 0.25) is 0 Å². The minimum Gasteiger partial charge on any atom is -0.309 e. The monoisotopic (exact) mass is 345 g/mol. The molecule has 1 N–H and O–H groups in total. The van der Waals surface area contributed by atoms with Crippen LogP contribution in [0.4, 0.5) is 8.78 Å². The summed E-state index contributed by atoms with van der Waals surface area (Å²) in [6.45, 7) is 3.63. The summed E-state index contributed by atoms with van der Waals surface area (Å²) in [4.78, 5) is 0.997. The van der Waals surface area contributed by atoms with Gasteiger partial charge in [0.25, 0.3) is 0 Å². The summed E-state index contributed by atoms with van der Waals surface area (Å²) in [6.07, 6.45) is 0. The van der Waals surface area contributed by atoms with E-state index in [2.05, 4.69) is 21.2 Å². The second-order valence-corrected chi connectivity index (χ2v) is 6.85. The number of rotatable bonds is 3. The average Bonchev–Trinajstić information content (AvgIpc) is 2.67. The number of thiophene rings is 1. The molecule has 102 valence electrons. The van der Waals surface area contributed by atoms with Crippen molar-refractivity contribution in [2.24, 2.45) is 0 Å². The highest BCUT2D eigenvalue weighted by Gasteiger charge is 2.20. The fourth-order valence-corrected chi connectivity index (χ4v) is 3.68. The van der Waals surface area contributed by atoms with Crippen molar-refractivity contribution in [2.45, 2.75) is 19.9 Å². The zero-order chi connectivity index (χ0) is 14.2. The van der Waals surface area contributed by atoms with Crippen molar-refractivity contribution in [2.75, 3.05) is 7.05 Å². The number of aryl methyl sites for hydroxylation is 2. The first-order chi connectivity index (χ1) is 8.93. The first-order valence-electron chi connectivity index (χ1n) is 5.82. The smallest absolute Gasteiger partial charge is 0.131 e. The van der Waals surface area contributed by atoms with Crippen LogP contribution in [0.25, 0.3) is 0 Å². The maximum Gasteiger partial charge on any atom is 0.131 e. The Hall–Kier alpha value is -0.780. The quantitative estimate of drug-likeness (QED) is 0.848. The third-order valence-electron chi connectivity index (χ3n) is 3.04. The molecule has 2 rings (SSSR count). The van der Waals surface area contributed by atoms with Gasteiger partial charge in [-0.25, -0.2) is 8.78 Å². The van der Waals surface area contributed by atoms with Crippen molar-refractivity contribution in [1.29, 1.82) is 0 Å². The van der Waals surface area contributed by atoms with Crippen LogP contribution in [0, 0.1) is 25.5 Å².